The summed E-state index contributed by atoms with van der Waals surface area (Å²) < 4.78 is 43.4. The Kier molecular flexibility index (Phi) is 11.1. The zero-order valence-electron chi connectivity index (χ0n) is 28.1. The summed E-state index contributed by atoms with van der Waals surface area (Å²) in [6.45, 7) is 3.81. The molecule has 10 nitrogen and oxygen atoms in total. The Hall–Kier alpha value is -6.42. The maximum Gasteiger partial charge on any atom is 0.491 e. The van der Waals surface area contributed by atoms with E-state index < -0.39 is 54.5 Å². The number of anilines is 1. The van der Waals surface area contributed by atoms with Gasteiger partial charge in [-0.05, 0) is 60.9 Å². The molecule has 4 aromatic carbocycles. The number of ether oxygens (including phenoxy) is 1. The van der Waals surface area contributed by atoms with E-state index in [0.29, 0.717) is 22.3 Å². The van der Waals surface area contributed by atoms with Crippen LogP contribution in [0, 0.1) is 11.8 Å². The Labute approximate surface area is 297 Å². The van der Waals surface area contributed by atoms with E-state index in [1.165, 1.54) is 15.9 Å². The number of fused-ring (bicyclic) bond motifs is 1. The van der Waals surface area contributed by atoms with Gasteiger partial charge in [0.1, 0.15) is 6.04 Å². The molecule has 0 aliphatic carbocycles. The number of halogens is 3. The van der Waals surface area contributed by atoms with Crippen LogP contribution in [0.1, 0.15) is 70.5 Å². The van der Waals surface area contributed by atoms with E-state index >= 15 is 0 Å². The number of nitrogens with zero attached hydrogens (tertiary/aromatic N) is 3. The second kappa shape index (κ2) is 15.6. The molecule has 266 valence electrons. The standard InChI is InChI=1S/C39H34F3N5O5/c1-24(2)46-31-19-18-26(17-16-25-10-9-11-27(20-25)23-45-38(43)44)21-30(31)35(49)47(34(36(46)50)29-14-7-4-8-15-29)32(28-12-5-3-6-13-28)22-33(48)52-37(51)39(40,41)42/h3-15,18-21,24,32,34H,22-23H2,1-2H3,(H4,43,44,45). The molecule has 52 heavy (non-hydrogen) atoms. The highest BCUT2D eigenvalue weighted by Crippen LogP contribution is 2.42. The van der Waals surface area contributed by atoms with Gasteiger partial charge < -0.3 is 26.0 Å². The van der Waals surface area contributed by atoms with Gasteiger partial charge in [-0.1, -0.05) is 84.6 Å². The Morgan fingerprint density at radius 1 is 0.865 bits per heavy atom. The zero-order chi connectivity index (χ0) is 37.6. The highest BCUT2D eigenvalue weighted by atomic mass is 19.4. The molecule has 0 fully saturated rings. The summed E-state index contributed by atoms with van der Waals surface area (Å²) in [4.78, 5) is 61.0. The molecule has 13 heteroatoms. The Morgan fingerprint density at radius 3 is 2.12 bits per heavy atom. The highest BCUT2D eigenvalue weighted by molar-refractivity contribution is 6.12. The van der Waals surface area contributed by atoms with Crippen LogP contribution in [0.25, 0.3) is 0 Å². The molecule has 0 bridgehead atoms. The lowest BCUT2D eigenvalue weighted by Crippen LogP contribution is -2.46. The van der Waals surface area contributed by atoms with Crippen LogP contribution >= 0.6 is 0 Å². The summed E-state index contributed by atoms with van der Waals surface area (Å²) in [6, 6.07) is 25.3. The lowest BCUT2D eigenvalue weighted by atomic mass is 9.95. The fourth-order valence-corrected chi connectivity index (χ4v) is 5.90. The van der Waals surface area contributed by atoms with Gasteiger partial charge in [0.15, 0.2) is 5.96 Å². The molecule has 1 heterocycles. The Balaban J connectivity index is 1.66. The van der Waals surface area contributed by atoms with Crippen LogP contribution in [0.5, 0.6) is 0 Å². The third kappa shape index (κ3) is 8.47. The van der Waals surface area contributed by atoms with E-state index in [4.69, 9.17) is 11.5 Å². The largest absolute Gasteiger partial charge is 0.491 e. The number of hydrogen-bond acceptors (Lipinski definition) is 6. The fourth-order valence-electron chi connectivity index (χ4n) is 5.90. The average Bonchev–Trinajstić information content (AvgIpc) is 3.20. The molecule has 0 radical (unpaired) electrons. The van der Waals surface area contributed by atoms with Crippen LogP contribution in [0.2, 0.25) is 0 Å². The first kappa shape index (κ1) is 36.9. The summed E-state index contributed by atoms with van der Waals surface area (Å²) in [5, 5.41) is 0. The van der Waals surface area contributed by atoms with Crippen molar-refractivity contribution in [3.05, 3.63) is 137 Å². The first-order valence-corrected chi connectivity index (χ1v) is 16.1. The zero-order valence-corrected chi connectivity index (χ0v) is 28.1. The summed E-state index contributed by atoms with van der Waals surface area (Å²) >= 11 is 0. The first-order chi connectivity index (χ1) is 24.7. The quantitative estimate of drug-likeness (QED) is 0.0800. The maximum absolute atomic E-state index is 15.0. The molecule has 0 saturated heterocycles. The summed E-state index contributed by atoms with van der Waals surface area (Å²) in [6.07, 6.45) is -6.30. The molecule has 4 N–H and O–H groups in total. The number of nitrogens with two attached hydrogens (primary N) is 2. The summed E-state index contributed by atoms with van der Waals surface area (Å²) in [7, 11) is 0. The van der Waals surface area contributed by atoms with E-state index in [1.807, 2.05) is 12.1 Å². The van der Waals surface area contributed by atoms with Crippen molar-refractivity contribution in [2.75, 3.05) is 4.90 Å². The molecule has 1 aliphatic rings. The number of carbonyl (C=O) groups is 4. The van der Waals surface area contributed by atoms with Crippen LogP contribution in [-0.2, 0) is 25.7 Å². The van der Waals surface area contributed by atoms with Gasteiger partial charge in [-0.15, -0.1) is 0 Å². The predicted octanol–water partition coefficient (Wildman–Crippen LogP) is 5.56. The van der Waals surface area contributed by atoms with Gasteiger partial charge in [0, 0.05) is 17.2 Å². The molecule has 5 rings (SSSR count). The van der Waals surface area contributed by atoms with E-state index in [-0.39, 0.29) is 23.8 Å². The van der Waals surface area contributed by atoms with E-state index in [1.54, 1.807) is 98.8 Å². The van der Waals surface area contributed by atoms with Gasteiger partial charge in [0.2, 0.25) is 0 Å². The Bertz CT molecular complexity index is 2070. The molecule has 4 aromatic rings. The fraction of sp³-hybridized carbons (Fsp3) is 0.205. The van der Waals surface area contributed by atoms with Gasteiger partial charge in [-0.3, -0.25) is 14.4 Å². The minimum atomic E-state index is -5.43. The lowest BCUT2D eigenvalue weighted by Gasteiger charge is -2.37. The molecule has 0 spiro atoms. The van der Waals surface area contributed by atoms with Crippen molar-refractivity contribution in [1.29, 1.82) is 0 Å². The molecule has 2 unspecified atom stereocenters. The third-order valence-corrected chi connectivity index (χ3v) is 8.14. The monoisotopic (exact) mass is 709 g/mol. The van der Waals surface area contributed by atoms with Crippen LogP contribution < -0.4 is 16.4 Å². The molecule has 2 atom stereocenters. The molecule has 0 saturated carbocycles. The molecular weight excluding hydrogens is 675 g/mol. The van der Waals surface area contributed by atoms with Crippen LogP contribution in [0.3, 0.4) is 0 Å². The summed E-state index contributed by atoms with van der Waals surface area (Å²) in [5.41, 5.74) is 13.8. The van der Waals surface area contributed by atoms with Crippen molar-refractivity contribution >= 4 is 35.4 Å². The second-order valence-electron chi connectivity index (χ2n) is 12.1. The number of amides is 2. The molecule has 2 amide bonds. The van der Waals surface area contributed by atoms with Crippen LogP contribution in [-0.4, -0.2) is 46.8 Å². The van der Waals surface area contributed by atoms with Crippen LogP contribution in [0.4, 0.5) is 18.9 Å². The maximum atomic E-state index is 15.0. The number of guanidine groups is 1. The Morgan fingerprint density at radius 2 is 1.50 bits per heavy atom. The molecule has 0 aromatic heterocycles. The predicted molar refractivity (Wildman–Crippen MR) is 187 cm³/mol. The minimum Gasteiger partial charge on any atom is -0.386 e. The second-order valence-corrected chi connectivity index (χ2v) is 12.1. The van der Waals surface area contributed by atoms with Gasteiger partial charge >= 0.3 is 18.1 Å². The number of benzene rings is 4. The van der Waals surface area contributed by atoms with Crippen LogP contribution in [0.15, 0.2) is 108 Å². The van der Waals surface area contributed by atoms with Gasteiger partial charge in [0.25, 0.3) is 11.8 Å². The van der Waals surface area contributed by atoms with Crippen molar-refractivity contribution in [3.63, 3.8) is 0 Å². The number of carbonyl (C=O) groups excluding carboxylic acids is 4. The van der Waals surface area contributed by atoms with Gasteiger partial charge in [-0.25, -0.2) is 9.79 Å². The average molecular weight is 710 g/mol. The topological polar surface area (TPSA) is 148 Å². The highest BCUT2D eigenvalue weighted by Gasteiger charge is 2.47. The minimum absolute atomic E-state index is 0.0511. The number of rotatable bonds is 8. The molecule has 1 aliphatic heterocycles. The number of aliphatic imine (C=N–C) groups is 1. The van der Waals surface area contributed by atoms with Crippen molar-refractivity contribution in [2.24, 2.45) is 16.5 Å². The first-order valence-electron chi connectivity index (χ1n) is 16.1. The lowest BCUT2D eigenvalue weighted by molar-refractivity contribution is -0.202. The van der Waals surface area contributed by atoms with Gasteiger partial charge in [0.05, 0.1) is 30.3 Å². The third-order valence-electron chi connectivity index (χ3n) is 8.14. The number of hydrogen-bond donors (Lipinski definition) is 2. The van der Waals surface area contributed by atoms with Crippen molar-refractivity contribution < 1.29 is 37.1 Å². The van der Waals surface area contributed by atoms with E-state index in [9.17, 15) is 32.3 Å². The van der Waals surface area contributed by atoms with Gasteiger partial charge in [-0.2, -0.15) is 13.2 Å². The summed E-state index contributed by atoms with van der Waals surface area (Å²) in [5.74, 6) is 0.628. The normalized spacial score (nSPS) is 14.8. The van der Waals surface area contributed by atoms with Crippen molar-refractivity contribution in [2.45, 2.75) is 51.1 Å². The SMILES string of the molecule is CC(C)N1C(=O)C(c2ccccc2)N(C(CC(=O)OC(=O)C(F)(F)F)c2ccccc2)C(=O)c2cc(C#Cc3cccc(CN=C(N)N)c3)ccc21. The van der Waals surface area contributed by atoms with Crippen molar-refractivity contribution in [3.8, 4) is 11.8 Å². The van der Waals surface area contributed by atoms with E-state index in [0.717, 1.165) is 5.56 Å². The number of alkyl halides is 3. The number of esters is 2. The van der Waals surface area contributed by atoms with E-state index in [2.05, 4.69) is 21.6 Å². The molecular formula is C39H34F3N5O5. The smallest absolute Gasteiger partial charge is 0.386 e. The van der Waals surface area contributed by atoms with Crippen molar-refractivity contribution in [1.82, 2.24) is 4.90 Å².